The molecular formula is C41H54O8. The van der Waals surface area contributed by atoms with Crippen molar-refractivity contribution in [3.63, 3.8) is 0 Å². The Bertz CT molecular complexity index is 1430. The minimum Gasteiger partial charge on any atom is -0.465 e. The van der Waals surface area contributed by atoms with E-state index < -0.39 is 11.8 Å². The van der Waals surface area contributed by atoms with Crippen LogP contribution in [0.15, 0.2) is 36.5 Å². The minimum absolute atomic E-state index is 0.0469. The van der Waals surface area contributed by atoms with E-state index in [0.717, 1.165) is 44.9 Å². The number of carbonyl (C=O) groups excluding carboxylic acids is 4. The van der Waals surface area contributed by atoms with Crippen LogP contribution in [0.1, 0.15) is 71.6 Å². The molecule has 0 aliphatic heterocycles. The highest BCUT2D eigenvalue weighted by Gasteiger charge is 2.59. The van der Waals surface area contributed by atoms with E-state index in [4.69, 9.17) is 18.9 Å². The summed E-state index contributed by atoms with van der Waals surface area (Å²) in [7, 11) is 0. The maximum atomic E-state index is 13.8. The van der Waals surface area contributed by atoms with Gasteiger partial charge in [0.15, 0.2) is 0 Å². The first kappa shape index (κ1) is 33.3. The summed E-state index contributed by atoms with van der Waals surface area (Å²) >= 11 is 0. The Balaban J connectivity index is 0.827. The van der Waals surface area contributed by atoms with E-state index in [-0.39, 0.29) is 35.7 Å². The van der Waals surface area contributed by atoms with Gasteiger partial charge in [-0.25, -0.2) is 9.59 Å². The highest BCUT2D eigenvalue weighted by molar-refractivity contribution is 5.87. The van der Waals surface area contributed by atoms with Crippen LogP contribution in [0.4, 0.5) is 0 Å². The van der Waals surface area contributed by atoms with E-state index >= 15 is 0 Å². The molecular weight excluding hydrogens is 620 g/mol. The van der Waals surface area contributed by atoms with E-state index in [1.165, 1.54) is 24.5 Å². The van der Waals surface area contributed by atoms with Crippen molar-refractivity contribution in [2.75, 3.05) is 26.4 Å². The summed E-state index contributed by atoms with van der Waals surface area (Å²) in [5, 5.41) is 0. The lowest BCUT2D eigenvalue weighted by Gasteiger charge is -2.32. The molecule has 0 radical (unpaired) electrons. The van der Waals surface area contributed by atoms with Gasteiger partial charge in [-0.2, -0.15) is 0 Å². The SMILES string of the molecule is C=CC(=O)OCC1CC2C(C1)[C@@H]1C[C@H]2CC1COC(=O)C1C2C=C(C)C(C2)C1C(=O)OCC1CC2C3CC(CC3COC(=O)C(=C)C)[C@H]2C1. The van der Waals surface area contributed by atoms with Gasteiger partial charge < -0.3 is 18.9 Å². The monoisotopic (exact) mass is 674 g/mol. The number of ether oxygens (including phenoxy) is 4. The van der Waals surface area contributed by atoms with Gasteiger partial charge in [0.1, 0.15) is 0 Å². The maximum absolute atomic E-state index is 13.8. The van der Waals surface area contributed by atoms with Crippen molar-refractivity contribution < 1.29 is 38.1 Å². The van der Waals surface area contributed by atoms with Gasteiger partial charge in [0.25, 0.3) is 0 Å². The Morgan fingerprint density at radius 2 is 1.20 bits per heavy atom. The molecule has 8 aliphatic rings. The van der Waals surface area contributed by atoms with Gasteiger partial charge in [-0.1, -0.05) is 24.8 Å². The standard InChI is InChI=1S/C41H54O8/c1-5-36(42)46-16-22-7-30-25-12-28(33(14-25)34(30)9-22)19-49-40(44)37-26-6-21(4)29(15-26)38(37)41(45)47-17-23-8-31-24-11-27(18-48-39(43)20(2)3)32(13-24)35(31)10-23/h5-6,22-35,37-38H,1-2,7-19H2,3-4H3/t22?,23?,24?,25-,26?,27?,28?,29?,30?,31-,32?,33-,34?,35?,37?,38?/m1/s1. The van der Waals surface area contributed by atoms with Crippen LogP contribution in [0.2, 0.25) is 0 Å². The zero-order valence-electron chi connectivity index (χ0n) is 29.3. The topological polar surface area (TPSA) is 105 Å². The van der Waals surface area contributed by atoms with Crippen LogP contribution >= 0.6 is 0 Å². The number of hydrogen-bond donors (Lipinski definition) is 0. The molecule has 0 aromatic rings. The number of hydrogen-bond acceptors (Lipinski definition) is 8. The predicted molar refractivity (Wildman–Crippen MR) is 180 cm³/mol. The zero-order valence-corrected chi connectivity index (χ0v) is 29.3. The summed E-state index contributed by atoms with van der Waals surface area (Å²) < 4.78 is 23.1. The quantitative estimate of drug-likeness (QED) is 0.102. The number of esters is 4. The van der Waals surface area contributed by atoms with Gasteiger partial charge in [-0.05, 0) is 154 Å². The Morgan fingerprint density at radius 3 is 1.80 bits per heavy atom. The van der Waals surface area contributed by atoms with Crippen molar-refractivity contribution in [2.24, 2.45) is 94.7 Å². The third-order valence-electron chi connectivity index (χ3n) is 15.1. The van der Waals surface area contributed by atoms with E-state index in [0.29, 0.717) is 103 Å². The van der Waals surface area contributed by atoms with Crippen LogP contribution in [0.5, 0.6) is 0 Å². The molecule has 8 aliphatic carbocycles. The zero-order chi connectivity index (χ0) is 34.1. The molecule has 0 aromatic heterocycles. The van der Waals surface area contributed by atoms with Crippen molar-refractivity contribution in [3.05, 3.63) is 36.5 Å². The largest absolute Gasteiger partial charge is 0.465 e. The molecule has 7 fully saturated rings. The molecule has 16 atom stereocenters. The maximum Gasteiger partial charge on any atom is 0.333 e. The smallest absolute Gasteiger partial charge is 0.333 e. The first-order valence-electron chi connectivity index (χ1n) is 19.2. The Hall–Kier alpha value is -2.90. The number of rotatable bonds is 12. The summed E-state index contributed by atoms with van der Waals surface area (Å²) in [5.74, 6) is 4.82. The lowest BCUT2D eigenvalue weighted by Crippen LogP contribution is -2.38. The summed E-state index contributed by atoms with van der Waals surface area (Å²) in [6, 6.07) is 0. The summed E-state index contributed by atoms with van der Waals surface area (Å²) in [4.78, 5) is 51.1. The van der Waals surface area contributed by atoms with Crippen LogP contribution in [-0.4, -0.2) is 50.3 Å². The van der Waals surface area contributed by atoms with Gasteiger partial charge in [-0.15, -0.1) is 0 Å². The fourth-order valence-electron chi connectivity index (χ4n) is 13.3. The number of carbonyl (C=O) groups is 4. The molecule has 0 aromatic carbocycles. The van der Waals surface area contributed by atoms with Crippen LogP contribution < -0.4 is 0 Å². The summed E-state index contributed by atoms with van der Waals surface area (Å²) in [5.41, 5.74) is 1.65. The molecule has 49 heavy (non-hydrogen) atoms. The predicted octanol–water partition coefficient (Wildman–Crippen LogP) is 6.35. The summed E-state index contributed by atoms with van der Waals surface area (Å²) in [6.45, 7) is 12.8. The van der Waals surface area contributed by atoms with E-state index in [2.05, 4.69) is 26.2 Å². The molecule has 7 saturated carbocycles. The van der Waals surface area contributed by atoms with Gasteiger partial charge in [0.2, 0.25) is 0 Å². The van der Waals surface area contributed by atoms with Gasteiger partial charge in [0.05, 0.1) is 38.3 Å². The molecule has 8 nitrogen and oxygen atoms in total. The first-order valence-corrected chi connectivity index (χ1v) is 19.2. The highest BCUT2D eigenvalue weighted by Crippen LogP contribution is 2.63. The van der Waals surface area contributed by atoms with Gasteiger partial charge in [-0.3, -0.25) is 9.59 Å². The lowest BCUT2D eigenvalue weighted by molar-refractivity contribution is -0.163. The van der Waals surface area contributed by atoms with Crippen LogP contribution in [-0.2, 0) is 38.1 Å². The molecule has 0 amide bonds. The van der Waals surface area contributed by atoms with Crippen molar-refractivity contribution in [3.8, 4) is 0 Å². The average Bonchev–Trinajstić information content (AvgIpc) is 3.93. The second-order valence-corrected chi connectivity index (χ2v) is 17.6. The normalized spacial score (nSPS) is 44.7. The van der Waals surface area contributed by atoms with E-state index in [1.54, 1.807) is 6.92 Å². The summed E-state index contributed by atoms with van der Waals surface area (Å²) in [6.07, 6.45) is 13.3. The van der Waals surface area contributed by atoms with Crippen LogP contribution in [0.3, 0.4) is 0 Å². The third-order valence-corrected chi connectivity index (χ3v) is 15.1. The molecule has 6 bridgehead atoms. The fourth-order valence-corrected chi connectivity index (χ4v) is 13.3. The number of allylic oxidation sites excluding steroid dienone is 2. The van der Waals surface area contributed by atoms with E-state index in [1.807, 2.05) is 0 Å². The van der Waals surface area contributed by atoms with Gasteiger partial charge in [0, 0.05) is 11.6 Å². The first-order chi connectivity index (χ1) is 23.6. The molecule has 0 saturated heterocycles. The number of fused-ring (bicyclic) bond motifs is 12. The Morgan fingerprint density at radius 1 is 0.673 bits per heavy atom. The molecule has 0 spiro atoms. The van der Waals surface area contributed by atoms with Crippen LogP contribution in [0, 0.1) is 94.7 Å². The molecule has 8 rings (SSSR count). The highest BCUT2D eigenvalue weighted by atomic mass is 16.5. The Kier molecular flexibility index (Phi) is 8.83. The third kappa shape index (κ3) is 5.91. The molecule has 0 heterocycles. The second kappa shape index (κ2) is 13.0. The molecule has 8 heteroatoms. The lowest BCUT2D eigenvalue weighted by atomic mass is 9.76. The minimum atomic E-state index is -0.454. The molecule has 13 unspecified atom stereocenters. The molecule has 0 N–H and O–H groups in total. The van der Waals surface area contributed by atoms with Crippen molar-refractivity contribution in [1.82, 2.24) is 0 Å². The van der Waals surface area contributed by atoms with Crippen molar-refractivity contribution in [1.29, 1.82) is 0 Å². The van der Waals surface area contributed by atoms with Gasteiger partial charge >= 0.3 is 23.9 Å². The molecule has 266 valence electrons. The fraction of sp³-hybridized carbons (Fsp3) is 0.756. The average molecular weight is 675 g/mol. The van der Waals surface area contributed by atoms with Crippen molar-refractivity contribution >= 4 is 23.9 Å². The van der Waals surface area contributed by atoms with E-state index in [9.17, 15) is 19.2 Å². The van der Waals surface area contributed by atoms with Crippen molar-refractivity contribution in [2.45, 2.75) is 71.6 Å². The van der Waals surface area contributed by atoms with Crippen LogP contribution in [0.25, 0.3) is 0 Å². The second-order valence-electron chi connectivity index (χ2n) is 17.6. The Labute approximate surface area is 290 Å².